The van der Waals surface area contributed by atoms with Crippen LogP contribution in [-0.2, 0) is 8.58 Å². The van der Waals surface area contributed by atoms with Crippen molar-refractivity contribution in [2.45, 2.75) is 0 Å². The molecule has 34 valence electrons. The zero-order valence-corrected chi connectivity index (χ0v) is 5.60. The summed E-state index contributed by atoms with van der Waals surface area (Å²) in [6.07, 6.45) is 0. The van der Waals surface area contributed by atoms with Crippen molar-refractivity contribution >= 4 is 22.6 Å². The monoisotopic (exact) mass is 103 g/mol. The molecule has 0 aliphatic heterocycles. The Labute approximate surface area is 44.2 Å². The van der Waals surface area contributed by atoms with E-state index < -0.39 is 0 Å². The lowest BCUT2D eigenvalue weighted by Crippen LogP contribution is -2.14. The van der Waals surface area contributed by atoms with Crippen LogP contribution in [0.25, 0.3) is 0 Å². The fourth-order valence-corrected chi connectivity index (χ4v) is 0.250. The normalized spacial score (nSPS) is 7.50. The molecule has 0 saturated carbocycles. The Hall–Kier alpha value is -0.0375. The smallest absolute Gasteiger partial charge is 0.499 e. The molecule has 0 bridgehead atoms. The number of hydrogen-bond donors (Lipinski definition) is 1. The highest BCUT2D eigenvalue weighted by Crippen LogP contribution is 1.59. The first-order valence-electron chi connectivity index (χ1n) is 1.58. The molecule has 0 spiro atoms. The second-order valence-electron chi connectivity index (χ2n) is 0.780. The van der Waals surface area contributed by atoms with Crippen LogP contribution in [-0.4, -0.2) is 29.1 Å². The molecule has 0 saturated heterocycles. The van der Waals surface area contributed by atoms with Gasteiger partial charge in [0.15, 0.2) is 0 Å². The van der Waals surface area contributed by atoms with Gasteiger partial charge in [-0.25, -0.2) is 0 Å². The topological polar surface area (TPSA) is 52.3 Å². The van der Waals surface area contributed by atoms with Crippen LogP contribution in [0.3, 0.4) is 0 Å². The summed E-state index contributed by atoms with van der Waals surface area (Å²) in [7, 11) is 0. The van der Waals surface area contributed by atoms with Crippen molar-refractivity contribution in [2.24, 2.45) is 5.73 Å². The van der Waals surface area contributed by atoms with E-state index in [1.54, 1.807) is 0 Å². The second-order valence-corrected chi connectivity index (χ2v) is 1.19. The molecule has 0 radical (unpaired) electrons. The quantitative estimate of drug-likeness (QED) is 0.392. The summed E-state index contributed by atoms with van der Waals surface area (Å²) in [5, 5.41) is 0. The van der Waals surface area contributed by atoms with Crippen LogP contribution in [0.2, 0.25) is 0 Å². The molecule has 0 aromatic rings. The van der Waals surface area contributed by atoms with Crippen LogP contribution in [0, 0.1) is 0 Å². The minimum absolute atomic E-state index is 0.00347. The first-order chi connectivity index (χ1) is 2.81. The molecule has 6 heavy (non-hydrogen) atoms. The maximum atomic E-state index is 9.87. The van der Waals surface area contributed by atoms with Crippen molar-refractivity contribution in [3.05, 3.63) is 0 Å². The minimum atomic E-state index is -0.318. The first kappa shape index (κ1) is 5.96. The van der Waals surface area contributed by atoms with Crippen molar-refractivity contribution < 1.29 is 8.58 Å². The van der Waals surface area contributed by atoms with Crippen molar-refractivity contribution in [3.63, 3.8) is 0 Å². The Kier molecular flexibility index (Phi) is 3.14. The average Bonchev–Trinajstić information content (AvgIpc) is 1.65. The predicted octanol–water partition coefficient (Wildman–Crippen LogP) is -1.96. The van der Waals surface area contributed by atoms with Gasteiger partial charge in [-0.2, -0.15) is 0 Å². The van der Waals surface area contributed by atoms with E-state index in [-0.39, 0.29) is 12.5 Å². The van der Waals surface area contributed by atoms with Gasteiger partial charge in [0.1, 0.15) is 0 Å². The number of nitrogens with two attached hydrogens (primary N) is 1. The van der Waals surface area contributed by atoms with E-state index >= 15 is 0 Å². The molecule has 4 heteroatoms. The highest BCUT2D eigenvalue weighted by Gasteiger charge is 1.86. The van der Waals surface area contributed by atoms with Crippen molar-refractivity contribution in [1.29, 1.82) is 0 Å². The standard InChI is InChI=1S/C2H5NO2.Al.2H/c3-1-2(4)5;;;/h1,3H2,(H,4,5);;;/q;+1;;/p-1. The van der Waals surface area contributed by atoms with Gasteiger partial charge in [0, 0.05) is 0 Å². The molecule has 0 aromatic heterocycles. The van der Waals surface area contributed by atoms with Gasteiger partial charge in [-0.15, -0.1) is 0 Å². The molecule has 0 amide bonds. The third-order valence-corrected chi connectivity index (χ3v) is 0.850. The predicted molar refractivity (Wildman–Crippen MR) is 23.7 cm³/mol. The van der Waals surface area contributed by atoms with Gasteiger partial charge in [-0.05, 0) is 0 Å². The summed E-state index contributed by atoms with van der Waals surface area (Å²) < 4.78 is 4.27. The molecule has 2 N–H and O–H groups in total. The largest absolute Gasteiger partial charge is 0.621 e. The van der Waals surface area contributed by atoms with Gasteiger partial charge in [0.2, 0.25) is 0 Å². The van der Waals surface area contributed by atoms with Crippen LogP contribution >= 0.6 is 0 Å². The SMILES string of the molecule is NCC(=O)[O][AlH2]. The minimum Gasteiger partial charge on any atom is -0.621 e. The summed E-state index contributed by atoms with van der Waals surface area (Å²) in [5.74, 6) is -0.318. The van der Waals surface area contributed by atoms with Crippen LogP contribution in [0.15, 0.2) is 0 Å². The van der Waals surface area contributed by atoms with Gasteiger partial charge >= 0.3 is 16.6 Å². The average molecular weight is 103 g/mol. The van der Waals surface area contributed by atoms with E-state index in [1.165, 1.54) is 0 Å². The highest BCUT2D eigenvalue weighted by molar-refractivity contribution is 6.05. The summed E-state index contributed by atoms with van der Waals surface area (Å²) in [6.45, 7) is 0.00347. The van der Waals surface area contributed by atoms with Crippen LogP contribution in [0.5, 0.6) is 0 Å². The van der Waals surface area contributed by atoms with Gasteiger partial charge in [-0.3, -0.25) is 4.79 Å². The molecule has 0 aromatic carbocycles. The maximum Gasteiger partial charge on any atom is 0.499 e. The van der Waals surface area contributed by atoms with Crippen LogP contribution in [0.4, 0.5) is 0 Å². The Morgan fingerprint density at radius 1 is 2.00 bits per heavy atom. The van der Waals surface area contributed by atoms with E-state index in [2.05, 4.69) is 3.79 Å². The number of rotatable bonds is 1. The Morgan fingerprint density at radius 3 is 2.50 bits per heavy atom. The number of hydrogen-bond acceptors (Lipinski definition) is 3. The Bertz CT molecular complexity index is 49.5. The zero-order valence-electron chi connectivity index (χ0n) is 3.60. The summed E-state index contributed by atoms with van der Waals surface area (Å²) in [6, 6.07) is 0. The van der Waals surface area contributed by atoms with E-state index in [9.17, 15) is 4.79 Å². The molecule has 0 fully saturated rings. The van der Waals surface area contributed by atoms with Gasteiger partial charge in [0.05, 0.1) is 6.54 Å². The van der Waals surface area contributed by atoms with Crippen molar-refractivity contribution in [2.75, 3.05) is 6.54 Å². The summed E-state index contributed by atoms with van der Waals surface area (Å²) in [4.78, 5) is 9.87. The van der Waals surface area contributed by atoms with E-state index in [1.807, 2.05) is 0 Å². The molecular weight excluding hydrogens is 97.0 g/mol. The summed E-state index contributed by atoms with van der Waals surface area (Å²) >= 11 is 0.453. The second kappa shape index (κ2) is 3.16. The molecule has 0 heterocycles. The number of carbonyl (C=O) groups is 1. The van der Waals surface area contributed by atoms with Crippen LogP contribution < -0.4 is 5.73 Å². The Balaban J connectivity index is 2.99. The third kappa shape index (κ3) is 2.21. The molecule has 0 rings (SSSR count). The first-order valence-corrected chi connectivity index (χ1v) is 2.39. The molecule has 0 aliphatic carbocycles. The van der Waals surface area contributed by atoms with Crippen molar-refractivity contribution in [1.82, 2.24) is 0 Å². The van der Waals surface area contributed by atoms with Gasteiger partial charge in [0.25, 0.3) is 5.97 Å². The van der Waals surface area contributed by atoms with Gasteiger partial charge < -0.3 is 9.52 Å². The van der Waals surface area contributed by atoms with Crippen molar-refractivity contribution in [3.8, 4) is 0 Å². The molecule has 0 aliphatic rings. The van der Waals surface area contributed by atoms with Crippen LogP contribution in [0.1, 0.15) is 0 Å². The molecule has 0 atom stereocenters. The van der Waals surface area contributed by atoms with E-state index in [4.69, 9.17) is 5.73 Å². The molecular formula is C2H6AlNO2. The Morgan fingerprint density at radius 2 is 2.50 bits per heavy atom. The summed E-state index contributed by atoms with van der Waals surface area (Å²) in [5.41, 5.74) is 4.83. The highest BCUT2D eigenvalue weighted by atomic mass is 27.1. The van der Waals surface area contributed by atoms with E-state index in [0.29, 0.717) is 16.6 Å². The third-order valence-electron chi connectivity index (χ3n) is 0.394. The van der Waals surface area contributed by atoms with Gasteiger partial charge in [-0.1, -0.05) is 0 Å². The van der Waals surface area contributed by atoms with E-state index in [0.717, 1.165) is 0 Å². The lowest BCUT2D eigenvalue weighted by Gasteiger charge is -1.90. The fraction of sp³-hybridized carbons (Fsp3) is 0.500. The molecule has 3 nitrogen and oxygen atoms in total. The fourth-order valence-electron chi connectivity index (χ4n) is 0.0833. The maximum absolute atomic E-state index is 9.87. The molecule has 0 unspecified atom stereocenters. The number of carbonyl (C=O) groups excluding carboxylic acids is 1. The lowest BCUT2D eigenvalue weighted by molar-refractivity contribution is -0.132. The lowest BCUT2D eigenvalue weighted by atomic mass is 10.7. The zero-order chi connectivity index (χ0) is 4.99.